The summed E-state index contributed by atoms with van der Waals surface area (Å²) >= 11 is 0. The first-order valence-corrected chi connectivity index (χ1v) is 5.70. The Morgan fingerprint density at radius 1 is 1.25 bits per heavy atom. The molecule has 88 valence electrons. The van der Waals surface area contributed by atoms with E-state index in [4.69, 9.17) is 15.2 Å². The molecule has 0 aliphatic heterocycles. The maximum absolute atomic E-state index is 6.26. The number of ether oxygens (including phenoxy) is 2. The van der Waals surface area contributed by atoms with Gasteiger partial charge >= 0.3 is 0 Å². The predicted octanol–water partition coefficient (Wildman–Crippen LogP) is 2.43. The first-order chi connectivity index (χ1) is 7.57. The van der Waals surface area contributed by atoms with Gasteiger partial charge in [0.15, 0.2) is 0 Å². The molecule has 0 radical (unpaired) electrons. The Morgan fingerprint density at radius 3 is 2.38 bits per heavy atom. The molecular formula is C13H19NO2. The molecule has 3 heteroatoms. The number of hydrogen-bond acceptors (Lipinski definition) is 3. The fourth-order valence-corrected chi connectivity index (χ4v) is 1.91. The molecule has 1 saturated carbocycles. The lowest BCUT2D eigenvalue weighted by atomic mass is 10.0. The van der Waals surface area contributed by atoms with Gasteiger partial charge in [-0.2, -0.15) is 0 Å². The largest absolute Gasteiger partial charge is 0.496 e. The van der Waals surface area contributed by atoms with Gasteiger partial charge in [-0.3, -0.25) is 0 Å². The fraction of sp³-hybridized carbons (Fsp3) is 0.538. The van der Waals surface area contributed by atoms with Crippen molar-refractivity contribution in [2.45, 2.75) is 38.3 Å². The van der Waals surface area contributed by atoms with E-state index in [1.54, 1.807) is 7.11 Å². The van der Waals surface area contributed by atoms with Crippen LogP contribution in [0.3, 0.4) is 0 Å². The van der Waals surface area contributed by atoms with Crippen molar-refractivity contribution < 1.29 is 9.47 Å². The Morgan fingerprint density at radius 2 is 1.88 bits per heavy atom. The van der Waals surface area contributed by atoms with Gasteiger partial charge in [-0.25, -0.2) is 0 Å². The second-order valence-electron chi connectivity index (χ2n) is 4.66. The molecule has 16 heavy (non-hydrogen) atoms. The Bertz CT molecular complexity index is 384. The van der Waals surface area contributed by atoms with Crippen LogP contribution in [0.25, 0.3) is 0 Å². The van der Waals surface area contributed by atoms with E-state index in [2.05, 4.69) is 0 Å². The molecule has 1 aliphatic rings. The van der Waals surface area contributed by atoms with Gasteiger partial charge in [0, 0.05) is 5.54 Å². The minimum absolute atomic E-state index is 0.146. The van der Waals surface area contributed by atoms with Gasteiger partial charge in [-0.15, -0.1) is 0 Å². The quantitative estimate of drug-likeness (QED) is 0.849. The number of methoxy groups -OCH3 is 1. The lowest BCUT2D eigenvalue weighted by Crippen LogP contribution is -2.22. The van der Waals surface area contributed by atoms with E-state index in [-0.39, 0.29) is 11.6 Å². The summed E-state index contributed by atoms with van der Waals surface area (Å²) in [6, 6.07) is 5.84. The summed E-state index contributed by atoms with van der Waals surface area (Å²) in [6.07, 6.45) is 2.15. The molecule has 0 bridgehead atoms. The van der Waals surface area contributed by atoms with Crippen molar-refractivity contribution in [2.24, 2.45) is 5.73 Å². The summed E-state index contributed by atoms with van der Waals surface area (Å²) in [5.74, 6) is 1.69. The molecular weight excluding hydrogens is 202 g/mol. The second kappa shape index (κ2) is 3.98. The van der Waals surface area contributed by atoms with Crippen LogP contribution in [0, 0.1) is 0 Å². The molecule has 1 aliphatic carbocycles. The number of benzene rings is 1. The molecule has 1 aromatic carbocycles. The van der Waals surface area contributed by atoms with Crippen LogP contribution < -0.4 is 15.2 Å². The summed E-state index contributed by atoms with van der Waals surface area (Å²) in [4.78, 5) is 0. The molecule has 0 spiro atoms. The normalized spacial score (nSPS) is 17.3. The molecule has 0 amide bonds. The highest BCUT2D eigenvalue weighted by atomic mass is 16.5. The van der Waals surface area contributed by atoms with Crippen LogP contribution >= 0.6 is 0 Å². The van der Waals surface area contributed by atoms with Gasteiger partial charge in [-0.05, 0) is 38.8 Å². The molecule has 0 saturated heterocycles. The lowest BCUT2D eigenvalue weighted by molar-refractivity contribution is 0.236. The average Bonchev–Trinajstić information content (AvgIpc) is 2.96. The van der Waals surface area contributed by atoms with Crippen molar-refractivity contribution in [3.05, 3.63) is 23.8 Å². The highest BCUT2D eigenvalue weighted by molar-refractivity contribution is 5.51. The van der Waals surface area contributed by atoms with Gasteiger partial charge in [0.05, 0.1) is 18.8 Å². The van der Waals surface area contributed by atoms with Crippen LogP contribution in [-0.2, 0) is 5.54 Å². The van der Waals surface area contributed by atoms with E-state index in [9.17, 15) is 0 Å². The van der Waals surface area contributed by atoms with Gasteiger partial charge < -0.3 is 15.2 Å². The maximum Gasteiger partial charge on any atom is 0.128 e. The molecule has 2 rings (SSSR count). The highest BCUT2D eigenvalue weighted by Crippen LogP contribution is 2.50. The molecule has 2 N–H and O–H groups in total. The van der Waals surface area contributed by atoms with E-state index in [1.165, 1.54) is 0 Å². The van der Waals surface area contributed by atoms with Crippen molar-refractivity contribution in [3.8, 4) is 11.5 Å². The predicted molar refractivity (Wildman–Crippen MR) is 63.9 cm³/mol. The standard InChI is InChI=1S/C13H19NO2/c1-9(2)16-11-6-4-5-10(15-3)12(11)13(14)7-8-13/h4-6,9H,7-8,14H2,1-3H3. The van der Waals surface area contributed by atoms with Crippen LogP contribution in [-0.4, -0.2) is 13.2 Å². The zero-order chi connectivity index (χ0) is 11.8. The topological polar surface area (TPSA) is 44.5 Å². The van der Waals surface area contributed by atoms with Crippen molar-refractivity contribution in [3.63, 3.8) is 0 Å². The van der Waals surface area contributed by atoms with Crippen LogP contribution in [0.4, 0.5) is 0 Å². The van der Waals surface area contributed by atoms with Crippen molar-refractivity contribution >= 4 is 0 Å². The molecule has 3 nitrogen and oxygen atoms in total. The van der Waals surface area contributed by atoms with Gasteiger partial charge in [0.25, 0.3) is 0 Å². The summed E-state index contributed by atoms with van der Waals surface area (Å²) in [6.45, 7) is 4.03. The number of nitrogens with two attached hydrogens (primary N) is 1. The average molecular weight is 221 g/mol. The minimum atomic E-state index is -0.239. The molecule has 0 aromatic heterocycles. The molecule has 0 unspecified atom stereocenters. The van der Waals surface area contributed by atoms with Crippen LogP contribution in [0.1, 0.15) is 32.3 Å². The van der Waals surface area contributed by atoms with Crippen LogP contribution in [0.5, 0.6) is 11.5 Å². The Balaban J connectivity index is 2.43. The summed E-state index contributed by atoms with van der Waals surface area (Å²) in [5.41, 5.74) is 7.04. The Hall–Kier alpha value is -1.22. The zero-order valence-electron chi connectivity index (χ0n) is 10.1. The second-order valence-corrected chi connectivity index (χ2v) is 4.66. The molecule has 1 aromatic rings. The Kier molecular flexibility index (Phi) is 2.80. The van der Waals surface area contributed by atoms with Crippen molar-refractivity contribution in [1.82, 2.24) is 0 Å². The first kappa shape index (κ1) is 11.3. The van der Waals surface area contributed by atoms with Gasteiger partial charge in [0.2, 0.25) is 0 Å². The maximum atomic E-state index is 6.26. The third kappa shape index (κ3) is 2.00. The van der Waals surface area contributed by atoms with E-state index in [0.717, 1.165) is 29.9 Å². The van der Waals surface area contributed by atoms with Crippen LogP contribution in [0.2, 0.25) is 0 Å². The van der Waals surface area contributed by atoms with Gasteiger partial charge in [-0.1, -0.05) is 6.07 Å². The third-order valence-electron chi connectivity index (χ3n) is 2.86. The Labute approximate surface area is 96.5 Å². The molecule has 0 atom stereocenters. The SMILES string of the molecule is COc1cccc(OC(C)C)c1C1(N)CC1. The summed E-state index contributed by atoms with van der Waals surface area (Å²) < 4.78 is 11.2. The first-order valence-electron chi connectivity index (χ1n) is 5.70. The van der Waals surface area contributed by atoms with E-state index >= 15 is 0 Å². The van der Waals surface area contributed by atoms with Crippen molar-refractivity contribution in [1.29, 1.82) is 0 Å². The van der Waals surface area contributed by atoms with E-state index in [0.29, 0.717) is 0 Å². The van der Waals surface area contributed by atoms with Gasteiger partial charge in [0.1, 0.15) is 11.5 Å². The summed E-state index contributed by atoms with van der Waals surface area (Å²) in [5, 5.41) is 0. The number of rotatable bonds is 4. The van der Waals surface area contributed by atoms with E-state index < -0.39 is 0 Å². The monoisotopic (exact) mass is 221 g/mol. The summed E-state index contributed by atoms with van der Waals surface area (Å²) in [7, 11) is 1.67. The lowest BCUT2D eigenvalue weighted by Gasteiger charge is -2.20. The fourth-order valence-electron chi connectivity index (χ4n) is 1.91. The van der Waals surface area contributed by atoms with Crippen molar-refractivity contribution in [2.75, 3.05) is 7.11 Å². The van der Waals surface area contributed by atoms with Crippen LogP contribution in [0.15, 0.2) is 18.2 Å². The number of hydrogen-bond donors (Lipinski definition) is 1. The highest BCUT2D eigenvalue weighted by Gasteiger charge is 2.44. The zero-order valence-corrected chi connectivity index (χ0v) is 10.1. The minimum Gasteiger partial charge on any atom is -0.496 e. The molecule has 1 fully saturated rings. The smallest absolute Gasteiger partial charge is 0.128 e. The molecule has 0 heterocycles. The third-order valence-corrected chi connectivity index (χ3v) is 2.86. The van der Waals surface area contributed by atoms with E-state index in [1.807, 2.05) is 32.0 Å².